The van der Waals surface area contributed by atoms with Crippen LogP contribution in [0.3, 0.4) is 0 Å². The van der Waals surface area contributed by atoms with E-state index < -0.39 is 0 Å². The molecule has 1 atom stereocenters. The molecule has 0 saturated heterocycles. The number of nitrogens with one attached hydrogen (secondary N) is 1. The van der Waals surface area contributed by atoms with E-state index in [9.17, 15) is 5.11 Å². The molecule has 0 aliphatic heterocycles. The Labute approximate surface area is 91.3 Å². The molecule has 0 radical (unpaired) electrons. The van der Waals surface area contributed by atoms with Gasteiger partial charge in [-0.3, -0.25) is 0 Å². The van der Waals surface area contributed by atoms with Crippen LogP contribution in [0, 0.1) is 0 Å². The molecule has 1 aliphatic rings. The largest absolute Gasteiger partial charge is 0.508 e. The first-order chi connectivity index (χ1) is 7.27. The second-order valence-electron chi connectivity index (χ2n) is 4.43. The molecule has 1 aliphatic carbocycles. The lowest BCUT2D eigenvalue weighted by molar-refractivity contribution is 0.427. The monoisotopic (exact) mass is 205 g/mol. The van der Waals surface area contributed by atoms with Crippen LogP contribution in [0.1, 0.15) is 44.2 Å². The quantitative estimate of drug-likeness (QED) is 0.795. The van der Waals surface area contributed by atoms with Gasteiger partial charge in [0.2, 0.25) is 0 Å². The van der Waals surface area contributed by atoms with E-state index in [1.165, 1.54) is 25.7 Å². The molecule has 0 amide bonds. The van der Waals surface area contributed by atoms with Crippen LogP contribution in [0.15, 0.2) is 24.3 Å². The number of hydrogen-bond donors (Lipinski definition) is 2. The third-order valence-corrected chi connectivity index (χ3v) is 3.24. The Hall–Kier alpha value is -1.02. The smallest absolute Gasteiger partial charge is 0.120 e. The van der Waals surface area contributed by atoms with Gasteiger partial charge in [-0.15, -0.1) is 0 Å². The third kappa shape index (κ3) is 2.51. The van der Waals surface area contributed by atoms with Crippen molar-refractivity contribution in [1.29, 1.82) is 0 Å². The number of aromatic hydroxyl groups is 1. The van der Waals surface area contributed by atoms with Gasteiger partial charge in [0.15, 0.2) is 0 Å². The van der Waals surface area contributed by atoms with Gasteiger partial charge in [-0.1, -0.05) is 31.0 Å². The van der Waals surface area contributed by atoms with Crippen LogP contribution in [0.5, 0.6) is 5.75 Å². The Morgan fingerprint density at radius 2 is 1.93 bits per heavy atom. The third-order valence-electron chi connectivity index (χ3n) is 3.24. The lowest BCUT2D eigenvalue weighted by Crippen LogP contribution is -2.28. The minimum absolute atomic E-state index is 0.245. The summed E-state index contributed by atoms with van der Waals surface area (Å²) in [4.78, 5) is 0. The highest BCUT2D eigenvalue weighted by molar-refractivity contribution is 5.34. The predicted octanol–water partition coefficient (Wildman–Crippen LogP) is 2.99. The first kappa shape index (κ1) is 10.5. The number of benzene rings is 1. The van der Waals surface area contributed by atoms with Crippen LogP contribution in [-0.2, 0) is 0 Å². The molecule has 0 spiro atoms. The molecule has 2 N–H and O–H groups in total. The molecule has 0 unspecified atom stereocenters. The molecule has 1 saturated carbocycles. The number of phenolic OH excluding ortho intramolecular Hbond substituents is 1. The van der Waals surface area contributed by atoms with Gasteiger partial charge in [0.25, 0.3) is 0 Å². The van der Waals surface area contributed by atoms with E-state index in [1.54, 1.807) is 6.07 Å². The number of phenols is 1. The standard InChI is InChI=1S/C13H19NO/c1-10(14-11-6-2-3-7-11)12-8-4-5-9-13(12)15/h4-5,8-11,14-15H,2-3,6-7H2,1H3/t10-/m1/s1. The number of rotatable bonds is 3. The zero-order chi connectivity index (χ0) is 10.7. The highest BCUT2D eigenvalue weighted by Gasteiger charge is 2.18. The highest BCUT2D eigenvalue weighted by Crippen LogP contribution is 2.26. The fraction of sp³-hybridized carbons (Fsp3) is 0.538. The van der Waals surface area contributed by atoms with Crippen molar-refractivity contribution in [2.45, 2.75) is 44.7 Å². The average Bonchev–Trinajstić information content (AvgIpc) is 2.71. The van der Waals surface area contributed by atoms with Crippen molar-refractivity contribution in [2.75, 3.05) is 0 Å². The Morgan fingerprint density at radius 3 is 2.60 bits per heavy atom. The minimum atomic E-state index is 0.245. The SMILES string of the molecule is C[C@@H](NC1CCCC1)c1ccccc1O. The molecule has 2 nitrogen and oxygen atoms in total. The summed E-state index contributed by atoms with van der Waals surface area (Å²) in [6, 6.07) is 8.46. The van der Waals surface area contributed by atoms with Crippen LogP contribution in [0.4, 0.5) is 0 Å². The Balaban J connectivity index is 2.00. The van der Waals surface area contributed by atoms with E-state index in [0.717, 1.165) is 5.56 Å². The molecule has 0 aromatic heterocycles. The molecule has 15 heavy (non-hydrogen) atoms. The van der Waals surface area contributed by atoms with Gasteiger partial charge >= 0.3 is 0 Å². The van der Waals surface area contributed by atoms with Crippen molar-refractivity contribution in [2.24, 2.45) is 0 Å². The fourth-order valence-corrected chi connectivity index (χ4v) is 2.39. The maximum Gasteiger partial charge on any atom is 0.120 e. The Morgan fingerprint density at radius 1 is 1.27 bits per heavy atom. The summed E-state index contributed by atoms with van der Waals surface area (Å²) in [6.07, 6.45) is 5.23. The Bertz CT molecular complexity index is 318. The van der Waals surface area contributed by atoms with E-state index in [2.05, 4.69) is 12.2 Å². The van der Waals surface area contributed by atoms with E-state index in [1.807, 2.05) is 18.2 Å². The summed E-state index contributed by atoms with van der Waals surface area (Å²) < 4.78 is 0. The van der Waals surface area contributed by atoms with Crippen molar-refractivity contribution < 1.29 is 5.11 Å². The number of para-hydroxylation sites is 1. The lowest BCUT2D eigenvalue weighted by Gasteiger charge is -2.20. The lowest BCUT2D eigenvalue weighted by atomic mass is 10.1. The van der Waals surface area contributed by atoms with Gasteiger partial charge in [-0.25, -0.2) is 0 Å². The molecular weight excluding hydrogens is 186 g/mol. The van der Waals surface area contributed by atoms with Gasteiger partial charge in [0, 0.05) is 17.6 Å². The van der Waals surface area contributed by atoms with Crippen LogP contribution in [0.2, 0.25) is 0 Å². The molecule has 2 rings (SSSR count). The summed E-state index contributed by atoms with van der Waals surface area (Å²) in [6.45, 7) is 2.12. The van der Waals surface area contributed by atoms with E-state index in [-0.39, 0.29) is 6.04 Å². The van der Waals surface area contributed by atoms with Gasteiger partial charge in [-0.05, 0) is 25.8 Å². The summed E-state index contributed by atoms with van der Waals surface area (Å²) in [5.74, 6) is 0.399. The van der Waals surface area contributed by atoms with Gasteiger partial charge < -0.3 is 10.4 Å². The average molecular weight is 205 g/mol. The van der Waals surface area contributed by atoms with Gasteiger partial charge in [0.05, 0.1) is 0 Å². The molecule has 1 fully saturated rings. The van der Waals surface area contributed by atoms with Crippen LogP contribution in [0.25, 0.3) is 0 Å². The first-order valence-electron chi connectivity index (χ1n) is 5.81. The fourth-order valence-electron chi connectivity index (χ4n) is 2.39. The Kier molecular flexibility index (Phi) is 3.27. The molecule has 0 heterocycles. The van der Waals surface area contributed by atoms with Crippen LogP contribution < -0.4 is 5.32 Å². The van der Waals surface area contributed by atoms with Crippen LogP contribution in [-0.4, -0.2) is 11.1 Å². The zero-order valence-corrected chi connectivity index (χ0v) is 9.24. The molecule has 1 aromatic carbocycles. The van der Waals surface area contributed by atoms with E-state index in [4.69, 9.17) is 0 Å². The molecule has 1 aromatic rings. The minimum Gasteiger partial charge on any atom is -0.508 e. The molecule has 0 bridgehead atoms. The topological polar surface area (TPSA) is 32.3 Å². The number of hydrogen-bond acceptors (Lipinski definition) is 2. The second-order valence-corrected chi connectivity index (χ2v) is 4.43. The summed E-state index contributed by atoms with van der Waals surface area (Å²) in [5.41, 5.74) is 1.00. The van der Waals surface area contributed by atoms with E-state index >= 15 is 0 Å². The summed E-state index contributed by atoms with van der Waals surface area (Å²) >= 11 is 0. The molecular formula is C13H19NO. The van der Waals surface area contributed by atoms with Crippen molar-refractivity contribution in [3.05, 3.63) is 29.8 Å². The normalized spacial score (nSPS) is 19.3. The van der Waals surface area contributed by atoms with Crippen molar-refractivity contribution >= 4 is 0 Å². The van der Waals surface area contributed by atoms with Gasteiger partial charge in [-0.2, -0.15) is 0 Å². The van der Waals surface area contributed by atoms with Gasteiger partial charge in [0.1, 0.15) is 5.75 Å². The van der Waals surface area contributed by atoms with Crippen LogP contribution >= 0.6 is 0 Å². The van der Waals surface area contributed by atoms with Crippen molar-refractivity contribution in [1.82, 2.24) is 5.32 Å². The first-order valence-corrected chi connectivity index (χ1v) is 5.81. The second kappa shape index (κ2) is 4.67. The summed E-state index contributed by atoms with van der Waals surface area (Å²) in [5, 5.41) is 13.3. The maximum atomic E-state index is 9.71. The molecule has 2 heteroatoms. The highest BCUT2D eigenvalue weighted by atomic mass is 16.3. The molecule has 82 valence electrons. The van der Waals surface area contributed by atoms with E-state index in [0.29, 0.717) is 11.8 Å². The maximum absolute atomic E-state index is 9.71. The summed E-state index contributed by atoms with van der Waals surface area (Å²) in [7, 11) is 0. The van der Waals surface area contributed by atoms with Crippen molar-refractivity contribution in [3.8, 4) is 5.75 Å². The van der Waals surface area contributed by atoms with Crippen molar-refractivity contribution in [3.63, 3.8) is 0 Å². The zero-order valence-electron chi connectivity index (χ0n) is 9.24. The predicted molar refractivity (Wildman–Crippen MR) is 61.9 cm³/mol.